The fourth-order valence-electron chi connectivity index (χ4n) is 11.7. The summed E-state index contributed by atoms with van der Waals surface area (Å²) in [6.45, 7) is 11.8. The minimum atomic E-state index is -4.51. The Morgan fingerprint density at radius 2 is 1.33 bits per heavy atom. The average Bonchev–Trinajstić information content (AvgIpc) is 4.07. The van der Waals surface area contributed by atoms with E-state index >= 15 is 0 Å². The van der Waals surface area contributed by atoms with Crippen molar-refractivity contribution in [3.63, 3.8) is 0 Å². The number of hydroxylamine groups is 2. The lowest BCUT2D eigenvalue weighted by atomic mass is 9.78. The zero-order valence-electron chi connectivity index (χ0n) is 45.2. The van der Waals surface area contributed by atoms with Gasteiger partial charge in [0.05, 0.1) is 35.8 Å². The Morgan fingerprint density at radius 1 is 0.709 bits per heavy atom. The fraction of sp³-hybridized carbons (Fsp3) is 0.448. The van der Waals surface area contributed by atoms with Crippen molar-refractivity contribution in [1.29, 1.82) is 0 Å². The van der Waals surface area contributed by atoms with Gasteiger partial charge < -0.3 is 28.3 Å². The largest absolute Gasteiger partial charge is 0.748 e. The number of nitrogens with zero attached hydrogens (tertiary/aromatic N) is 4. The highest BCUT2D eigenvalue weighted by molar-refractivity contribution is 7.86. The van der Waals surface area contributed by atoms with Crippen LogP contribution in [0.5, 0.6) is 0 Å². The van der Waals surface area contributed by atoms with Gasteiger partial charge in [-0.2, -0.15) is 4.58 Å². The third-order valence-electron chi connectivity index (χ3n) is 15.4. The maximum atomic E-state index is 12.6. The SMILES string of the molecule is Cc1ccc2c3c(ccc2c1)[N+](CCCCCC(=O)ON1C(=O)CCC1=O)=C(C=CC1=C(Cl)C(=CC=C2N(CCCS(=O)(=O)[O-])c4ccc5cc(N(CCCS(=O)(=O)[O-])CCCS(=O)(=O)[O-])ccc5c4C2(C)C)CCC1)C3(C)C. The summed E-state index contributed by atoms with van der Waals surface area (Å²) in [5.74, 6) is -3.40. The Bertz CT molecular complexity index is 3570. The number of amides is 2. The van der Waals surface area contributed by atoms with E-state index in [4.69, 9.17) is 16.4 Å². The standard InChI is InChI=1S/C58H69ClN4O13S3/c1-39-16-22-45-42(37-39)17-24-47-54(45)57(2,3)49(61(47)32-8-6-7-15-53(66)76-63-51(64)28-29-52(63)65)26-19-40-13-9-14-41(56(40)59)20-27-50-58(4,5)55-46-23-21-44(60(30-10-34-77(67,68)69)31-11-35-78(70,71)72)38-43(46)18-25-48(55)62(50)33-12-36-79(73,74)75/h16-27,37-38H,6-15,28-36H2,1-5H3,(H2-,67,68,69,70,71,72,73,74,75)/p-2. The van der Waals surface area contributed by atoms with Crippen LogP contribution in [0.25, 0.3) is 21.5 Å². The maximum absolute atomic E-state index is 12.6. The number of hydrogen-bond donors (Lipinski definition) is 0. The second-order valence-electron chi connectivity index (χ2n) is 21.9. The highest BCUT2D eigenvalue weighted by atomic mass is 35.5. The lowest BCUT2D eigenvalue weighted by Crippen LogP contribution is -2.31. The number of fused-ring (bicyclic) bond motifs is 6. The minimum absolute atomic E-state index is 0.00931. The van der Waals surface area contributed by atoms with Crippen LogP contribution in [0.15, 0.2) is 107 Å². The number of anilines is 2. The van der Waals surface area contributed by atoms with Crippen molar-refractivity contribution < 1.29 is 62.7 Å². The van der Waals surface area contributed by atoms with Crippen LogP contribution in [0.4, 0.5) is 17.1 Å². The molecule has 0 aromatic heterocycles. The monoisotopic (exact) mass is 1160 g/mol. The first-order valence-corrected chi connectivity index (χ1v) is 31.9. The molecule has 0 radical (unpaired) electrons. The summed E-state index contributed by atoms with van der Waals surface area (Å²) in [5.41, 5.74) is 8.64. The van der Waals surface area contributed by atoms with Gasteiger partial charge in [-0.05, 0) is 141 Å². The number of unbranched alkanes of at least 4 members (excludes halogenated alkanes) is 2. The number of halogens is 1. The molecule has 0 saturated carbocycles. The van der Waals surface area contributed by atoms with Crippen LogP contribution in [0.2, 0.25) is 0 Å². The Kier molecular flexibility index (Phi) is 17.9. The predicted molar refractivity (Wildman–Crippen MR) is 303 cm³/mol. The Morgan fingerprint density at radius 3 is 2.00 bits per heavy atom. The van der Waals surface area contributed by atoms with E-state index in [-0.39, 0.29) is 58.2 Å². The molecule has 8 rings (SSSR count). The number of rotatable bonds is 23. The van der Waals surface area contributed by atoms with E-state index in [1.807, 2.05) is 47.4 Å². The van der Waals surface area contributed by atoms with Crippen LogP contribution < -0.4 is 9.80 Å². The lowest BCUT2D eigenvalue weighted by molar-refractivity contribution is -0.438. The van der Waals surface area contributed by atoms with Crippen molar-refractivity contribution in [1.82, 2.24) is 5.06 Å². The van der Waals surface area contributed by atoms with Gasteiger partial charge in [0.2, 0.25) is 5.69 Å². The van der Waals surface area contributed by atoms with Gasteiger partial charge in [0.1, 0.15) is 6.54 Å². The Labute approximate surface area is 468 Å². The van der Waals surface area contributed by atoms with E-state index in [0.717, 1.165) is 74.9 Å². The molecule has 17 nitrogen and oxygen atoms in total. The van der Waals surface area contributed by atoms with Crippen molar-refractivity contribution >= 4 is 104 Å². The summed E-state index contributed by atoms with van der Waals surface area (Å²) < 4.78 is 107. The van der Waals surface area contributed by atoms with Crippen molar-refractivity contribution in [2.24, 2.45) is 0 Å². The van der Waals surface area contributed by atoms with E-state index in [0.29, 0.717) is 41.6 Å². The summed E-state index contributed by atoms with van der Waals surface area (Å²) in [6.07, 6.45) is 12.8. The van der Waals surface area contributed by atoms with Crippen LogP contribution in [-0.4, -0.2) is 115 Å². The van der Waals surface area contributed by atoms with Gasteiger partial charge in [-0.15, -0.1) is 5.06 Å². The molecule has 0 N–H and O–H groups in total. The van der Waals surface area contributed by atoms with Gasteiger partial charge >= 0.3 is 5.97 Å². The number of hydrogen-bond acceptors (Lipinski definition) is 15. The van der Waals surface area contributed by atoms with Gasteiger partial charge in [-0.25, -0.2) is 30.0 Å². The van der Waals surface area contributed by atoms with Gasteiger partial charge in [-0.1, -0.05) is 73.5 Å². The molecule has 1 aliphatic carbocycles. The van der Waals surface area contributed by atoms with E-state index < -0.39 is 76.2 Å². The highest BCUT2D eigenvalue weighted by Crippen LogP contribution is 2.52. The summed E-state index contributed by atoms with van der Waals surface area (Å²) in [5, 5.41) is 5.21. The minimum Gasteiger partial charge on any atom is -0.748 e. The molecule has 21 heteroatoms. The van der Waals surface area contributed by atoms with E-state index in [2.05, 4.69) is 81.7 Å². The molecule has 3 aliphatic heterocycles. The molecule has 4 aliphatic rings. The molecular formula is C58H67ClN4O13S3-2. The molecule has 0 bridgehead atoms. The van der Waals surface area contributed by atoms with E-state index in [1.165, 1.54) is 16.5 Å². The predicted octanol–water partition coefficient (Wildman–Crippen LogP) is 9.30. The van der Waals surface area contributed by atoms with Crippen molar-refractivity contribution in [2.45, 2.75) is 122 Å². The van der Waals surface area contributed by atoms with Gasteiger partial charge in [0.15, 0.2) is 5.71 Å². The zero-order chi connectivity index (χ0) is 57.2. The van der Waals surface area contributed by atoms with Gasteiger partial charge in [0, 0.05) is 108 Å². The average molecular weight is 1160 g/mol. The molecule has 3 heterocycles. The number of allylic oxidation sites excluding steroid dienone is 8. The van der Waals surface area contributed by atoms with Crippen LogP contribution in [0.1, 0.15) is 121 Å². The second kappa shape index (κ2) is 23.8. The van der Waals surface area contributed by atoms with Crippen molar-refractivity contribution in [3.05, 3.63) is 124 Å². The fourth-order valence-corrected chi connectivity index (χ4v) is 13.5. The Balaban J connectivity index is 1.09. The third-order valence-corrected chi connectivity index (χ3v) is 18.3. The van der Waals surface area contributed by atoms with Crippen molar-refractivity contribution in [3.8, 4) is 0 Å². The molecule has 0 spiro atoms. The third kappa shape index (κ3) is 13.9. The molecule has 424 valence electrons. The molecule has 4 aromatic rings. The summed E-state index contributed by atoms with van der Waals surface area (Å²) >= 11 is 7.40. The van der Waals surface area contributed by atoms with Gasteiger partial charge in [-0.3, -0.25) is 9.59 Å². The molecule has 4 aromatic carbocycles. The molecule has 0 atom stereocenters. The van der Waals surface area contributed by atoms with E-state index in [9.17, 15) is 53.3 Å². The number of carbonyl (C=O) groups excluding carboxylic acids is 3. The zero-order valence-corrected chi connectivity index (χ0v) is 48.4. The van der Waals surface area contributed by atoms with Gasteiger partial charge in [0.25, 0.3) is 11.8 Å². The molecule has 1 fully saturated rings. The van der Waals surface area contributed by atoms with Crippen LogP contribution in [-0.2, 0) is 60.4 Å². The van der Waals surface area contributed by atoms with Crippen LogP contribution in [0.3, 0.4) is 0 Å². The summed E-state index contributed by atoms with van der Waals surface area (Å²) in [4.78, 5) is 45.4. The first-order valence-electron chi connectivity index (χ1n) is 26.8. The number of aryl methyl sites for hydroxylation is 1. The maximum Gasteiger partial charge on any atom is 0.333 e. The normalized spacial score (nSPS) is 18.6. The quantitative estimate of drug-likeness (QED) is 0.0291. The highest BCUT2D eigenvalue weighted by Gasteiger charge is 2.46. The number of benzene rings is 4. The summed E-state index contributed by atoms with van der Waals surface area (Å²) in [7, 11) is -13.5. The molecule has 79 heavy (non-hydrogen) atoms. The molecular weight excluding hydrogens is 1090 g/mol. The van der Waals surface area contributed by atoms with Crippen molar-refractivity contribution in [2.75, 3.05) is 53.2 Å². The molecule has 0 unspecified atom stereocenters. The molecule has 2 amide bonds. The molecule has 1 saturated heterocycles. The van der Waals surface area contributed by atoms with Crippen LogP contribution >= 0.6 is 11.6 Å². The number of carbonyl (C=O) groups is 3. The second-order valence-corrected chi connectivity index (χ2v) is 26.9. The topological polar surface area (TPSA) is 245 Å². The lowest BCUT2D eigenvalue weighted by Gasteiger charge is -2.28. The summed E-state index contributed by atoms with van der Waals surface area (Å²) in [6, 6.07) is 20.3. The van der Waals surface area contributed by atoms with E-state index in [1.54, 1.807) is 4.90 Å². The smallest absolute Gasteiger partial charge is 0.333 e. The number of imide groups is 1. The Hall–Kier alpha value is -5.74. The van der Waals surface area contributed by atoms with Crippen LogP contribution in [0, 0.1) is 6.92 Å². The first kappa shape index (κ1) is 59.4. The first-order chi connectivity index (χ1) is 37.1.